The first kappa shape index (κ1) is 19.5. The molecule has 0 spiro atoms. The standard InChI is InChI=1S/C20H24N2O4S/c1-21(2)9-16-17(25-4)6-12(7-18(16)26-5)15-10-22(3)20(24)14-8-13(11-23)27-19(14)15/h6-7,10-11,13H,8-9H2,1-5H3. The summed E-state index contributed by atoms with van der Waals surface area (Å²) >= 11 is 1.45. The van der Waals surface area contributed by atoms with Crippen molar-refractivity contribution in [1.29, 1.82) is 0 Å². The van der Waals surface area contributed by atoms with E-state index in [1.54, 1.807) is 25.8 Å². The number of hydrogen-bond donors (Lipinski definition) is 0. The number of carbonyl (C=O) groups excluding carboxylic acids is 1. The first-order valence-corrected chi connectivity index (χ1v) is 9.52. The molecule has 1 unspecified atom stereocenters. The van der Waals surface area contributed by atoms with E-state index in [0.29, 0.717) is 18.5 Å². The fourth-order valence-electron chi connectivity index (χ4n) is 3.39. The number of ether oxygens (including phenoxy) is 2. The van der Waals surface area contributed by atoms with Crippen molar-refractivity contribution in [1.82, 2.24) is 9.47 Å². The molecule has 0 saturated carbocycles. The smallest absolute Gasteiger partial charge is 0.254 e. The number of nitrogens with zero attached hydrogens (tertiary/aromatic N) is 2. The molecule has 0 bridgehead atoms. The Morgan fingerprint density at radius 2 is 1.89 bits per heavy atom. The molecule has 2 aromatic rings. The van der Waals surface area contributed by atoms with E-state index in [1.807, 2.05) is 32.4 Å². The molecule has 0 radical (unpaired) electrons. The van der Waals surface area contributed by atoms with Crippen molar-refractivity contribution in [3.05, 3.63) is 39.8 Å². The third-order valence-electron chi connectivity index (χ3n) is 4.64. The monoisotopic (exact) mass is 388 g/mol. The van der Waals surface area contributed by atoms with E-state index in [0.717, 1.165) is 39.4 Å². The highest BCUT2D eigenvalue weighted by molar-refractivity contribution is 8.01. The Labute approximate surface area is 163 Å². The summed E-state index contributed by atoms with van der Waals surface area (Å²) in [5.74, 6) is 1.46. The predicted octanol–water partition coefficient (Wildman–Crippen LogP) is 2.35. The van der Waals surface area contributed by atoms with Crippen LogP contribution in [0, 0.1) is 0 Å². The number of aryl methyl sites for hydroxylation is 1. The SMILES string of the molecule is COc1cc(-c2cn(C)c(=O)c3c2SC(C=O)C3)cc(OC)c1CN(C)C. The normalized spacial score (nSPS) is 15.7. The summed E-state index contributed by atoms with van der Waals surface area (Å²) in [4.78, 5) is 26.7. The summed E-state index contributed by atoms with van der Waals surface area (Å²) < 4.78 is 12.8. The van der Waals surface area contributed by atoms with Gasteiger partial charge < -0.3 is 23.7 Å². The number of benzene rings is 1. The fourth-order valence-corrected chi connectivity index (χ4v) is 4.60. The highest BCUT2D eigenvalue weighted by Gasteiger charge is 2.29. The van der Waals surface area contributed by atoms with Crippen LogP contribution >= 0.6 is 11.8 Å². The number of aromatic nitrogens is 1. The summed E-state index contributed by atoms with van der Waals surface area (Å²) in [6.45, 7) is 0.681. The molecule has 0 fully saturated rings. The van der Waals surface area contributed by atoms with Gasteiger partial charge in [-0.2, -0.15) is 0 Å². The van der Waals surface area contributed by atoms with Crippen LogP contribution in [0.1, 0.15) is 11.1 Å². The number of aldehydes is 1. The van der Waals surface area contributed by atoms with Gasteiger partial charge in [-0.3, -0.25) is 4.79 Å². The molecule has 27 heavy (non-hydrogen) atoms. The minimum Gasteiger partial charge on any atom is -0.496 e. The van der Waals surface area contributed by atoms with Crippen LogP contribution in [0.2, 0.25) is 0 Å². The van der Waals surface area contributed by atoms with Crippen molar-refractivity contribution in [2.45, 2.75) is 23.1 Å². The molecule has 0 saturated heterocycles. The second kappa shape index (κ2) is 7.78. The van der Waals surface area contributed by atoms with Crippen molar-refractivity contribution < 1.29 is 14.3 Å². The molecule has 1 aromatic heterocycles. The minimum absolute atomic E-state index is 0.0474. The Hall–Kier alpha value is -2.25. The lowest BCUT2D eigenvalue weighted by Crippen LogP contribution is -2.21. The third-order valence-corrected chi connectivity index (χ3v) is 5.92. The maximum absolute atomic E-state index is 12.5. The summed E-state index contributed by atoms with van der Waals surface area (Å²) in [7, 11) is 8.99. The van der Waals surface area contributed by atoms with E-state index < -0.39 is 0 Å². The zero-order chi connectivity index (χ0) is 19.7. The molecule has 7 heteroatoms. The van der Waals surface area contributed by atoms with E-state index >= 15 is 0 Å². The number of rotatable bonds is 6. The lowest BCUT2D eigenvalue weighted by Gasteiger charge is -2.19. The number of pyridine rings is 1. The van der Waals surface area contributed by atoms with Gasteiger partial charge >= 0.3 is 0 Å². The van der Waals surface area contributed by atoms with E-state index in [2.05, 4.69) is 4.90 Å². The highest BCUT2D eigenvalue weighted by Crippen LogP contribution is 2.43. The topological polar surface area (TPSA) is 60.8 Å². The summed E-state index contributed by atoms with van der Waals surface area (Å²) in [5, 5.41) is -0.217. The van der Waals surface area contributed by atoms with Crippen LogP contribution in [0.5, 0.6) is 11.5 Å². The van der Waals surface area contributed by atoms with Gasteiger partial charge in [0.05, 0.1) is 25.0 Å². The van der Waals surface area contributed by atoms with Crippen LogP contribution in [0.3, 0.4) is 0 Å². The lowest BCUT2D eigenvalue weighted by molar-refractivity contribution is -0.107. The average molecular weight is 388 g/mol. The second-order valence-corrected chi connectivity index (χ2v) is 8.11. The Morgan fingerprint density at radius 1 is 1.26 bits per heavy atom. The van der Waals surface area contributed by atoms with Gasteiger partial charge in [0.2, 0.25) is 0 Å². The Morgan fingerprint density at radius 3 is 2.41 bits per heavy atom. The molecule has 1 aliphatic heterocycles. The van der Waals surface area contributed by atoms with Crippen LogP contribution in [0.15, 0.2) is 28.0 Å². The third kappa shape index (κ3) is 3.61. The first-order chi connectivity index (χ1) is 12.9. The van der Waals surface area contributed by atoms with Gasteiger partial charge in [0.15, 0.2) is 0 Å². The van der Waals surface area contributed by atoms with Gasteiger partial charge in [-0.25, -0.2) is 0 Å². The summed E-state index contributed by atoms with van der Waals surface area (Å²) in [6, 6.07) is 3.94. The van der Waals surface area contributed by atoms with Crippen molar-refractivity contribution in [3.63, 3.8) is 0 Å². The molecule has 2 heterocycles. The van der Waals surface area contributed by atoms with Gasteiger partial charge in [0.25, 0.3) is 5.56 Å². The number of fused-ring (bicyclic) bond motifs is 1. The van der Waals surface area contributed by atoms with Gasteiger partial charge in [0.1, 0.15) is 17.8 Å². The van der Waals surface area contributed by atoms with Crippen molar-refractivity contribution in [3.8, 4) is 22.6 Å². The predicted molar refractivity (Wildman–Crippen MR) is 107 cm³/mol. The molecule has 1 atom stereocenters. The quantitative estimate of drug-likeness (QED) is 0.708. The van der Waals surface area contributed by atoms with Crippen LogP contribution in [0.4, 0.5) is 0 Å². The van der Waals surface area contributed by atoms with Crippen molar-refractivity contribution in [2.75, 3.05) is 28.3 Å². The number of carbonyl (C=O) groups is 1. The molecule has 0 amide bonds. The van der Waals surface area contributed by atoms with Crippen LogP contribution in [-0.2, 0) is 24.8 Å². The largest absolute Gasteiger partial charge is 0.496 e. The Balaban J connectivity index is 2.21. The van der Waals surface area contributed by atoms with E-state index in [9.17, 15) is 9.59 Å². The molecular formula is C20H24N2O4S. The maximum atomic E-state index is 12.5. The van der Waals surface area contributed by atoms with E-state index in [1.165, 1.54) is 11.8 Å². The number of methoxy groups -OCH3 is 2. The van der Waals surface area contributed by atoms with E-state index in [-0.39, 0.29) is 10.8 Å². The molecule has 3 rings (SSSR count). The van der Waals surface area contributed by atoms with Gasteiger partial charge in [-0.15, -0.1) is 11.8 Å². The molecule has 0 aliphatic carbocycles. The first-order valence-electron chi connectivity index (χ1n) is 8.64. The molecule has 144 valence electrons. The molecule has 1 aromatic carbocycles. The van der Waals surface area contributed by atoms with Crippen molar-refractivity contribution in [2.24, 2.45) is 7.05 Å². The van der Waals surface area contributed by atoms with Crippen LogP contribution in [0.25, 0.3) is 11.1 Å². The lowest BCUT2D eigenvalue weighted by atomic mass is 10.0. The maximum Gasteiger partial charge on any atom is 0.254 e. The summed E-state index contributed by atoms with van der Waals surface area (Å²) in [6.07, 6.45) is 3.20. The van der Waals surface area contributed by atoms with Gasteiger partial charge in [0, 0.05) is 35.8 Å². The van der Waals surface area contributed by atoms with Crippen LogP contribution < -0.4 is 15.0 Å². The Bertz CT molecular complexity index is 911. The summed E-state index contributed by atoms with van der Waals surface area (Å²) in [5.41, 5.74) is 3.43. The highest BCUT2D eigenvalue weighted by atomic mass is 32.2. The number of hydrogen-bond acceptors (Lipinski definition) is 6. The number of thioether (sulfide) groups is 1. The minimum atomic E-state index is -0.217. The molecule has 6 nitrogen and oxygen atoms in total. The molecular weight excluding hydrogens is 364 g/mol. The van der Waals surface area contributed by atoms with Crippen LogP contribution in [-0.4, -0.2) is 49.3 Å². The van der Waals surface area contributed by atoms with Crippen molar-refractivity contribution >= 4 is 18.0 Å². The average Bonchev–Trinajstić information content (AvgIpc) is 3.09. The fraction of sp³-hybridized carbons (Fsp3) is 0.400. The zero-order valence-electron chi connectivity index (χ0n) is 16.2. The van der Waals surface area contributed by atoms with E-state index in [4.69, 9.17) is 9.47 Å². The van der Waals surface area contributed by atoms with Gasteiger partial charge in [-0.05, 0) is 38.2 Å². The zero-order valence-corrected chi connectivity index (χ0v) is 17.1. The second-order valence-electron chi connectivity index (χ2n) is 6.86. The van der Waals surface area contributed by atoms with Gasteiger partial charge in [-0.1, -0.05) is 0 Å². The molecule has 0 N–H and O–H groups in total. The Kier molecular flexibility index (Phi) is 5.62. The molecule has 1 aliphatic rings.